The summed E-state index contributed by atoms with van der Waals surface area (Å²) >= 11 is 3.37. The number of nitrogens with one attached hydrogen (secondary N) is 1. The van der Waals surface area contributed by atoms with Gasteiger partial charge in [-0.1, -0.05) is 51.8 Å². The molecular weight excluding hydrogens is 573 g/mol. The maximum atomic E-state index is 13.8. The molecule has 3 aromatic rings. The lowest BCUT2D eigenvalue weighted by atomic mass is 10.1. The summed E-state index contributed by atoms with van der Waals surface area (Å²) in [5.41, 5.74) is 1.78. The molecule has 202 valence electrons. The van der Waals surface area contributed by atoms with E-state index in [0.717, 1.165) is 9.87 Å². The predicted molar refractivity (Wildman–Crippen MR) is 150 cm³/mol. The highest BCUT2D eigenvalue weighted by atomic mass is 79.9. The van der Waals surface area contributed by atoms with Crippen LogP contribution in [-0.2, 0) is 26.2 Å². The average Bonchev–Trinajstić information content (AvgIpc) is 2.86. The van der Waals surface area contributed by atoms with Crippen LogP contribution in [0, 0.1) is 12.7 Å². The fraction of sp³-hybridized carbons (Fsp3) is 0.286. The van der Waals surface area contributed by atoms with Gasteiger partial charge in [0.05, 0.1) is 10.6 Å². The molecule has 0 spiro atoms. The van der Waals surface area contributed by atoms with Crippen LogP contribution in [0.4, 0.5) is 10.1 Å². The predicted octanol–water partition coefficient (Wildman–Crippen LogP) is 5.03. The van der Waals surface area contributed by atoms with E-state index in [-0.39, 0.29) is 29.1 Å². The highest BCUT2D eigenvalue weighted by Gasteiger charge is 2.32. The first-order chi connectivity index (χ1) is 17.9. The van der Waals surface area contributed by atoms with Crippen molar-refractivity contribution in [2.45, 2.75) is 51.2 Å². The third-order valence-corrected chi connectivity index (χ3v) is 8.13. The van der Waals surface area contributed by atoms with Crippen LogP contribution in [0.5, 0.6) is 0 Å². The van der Waals surface area contributed by atoms with E-state index in [1.54, 1.807) is 57.2 Å². The van der Waals surface area contributed by atoms with Crippen LogP contribution < -0.4 is 9.62 Å². The summed E-state index contributed by atoms with van der Waals surface area (Å²) in [6, 6.07) is 17.5. The molecule has 10 heteroatoms. The van der Waals surface area contributed by atoms with Crippen molar-refractivity contribution in [3.63, 3.8) is 0 Å². The molecule has 0 unspecified atom stereocenters. The number of carbonyl (C=O) groups is 2. The minimum absolute atomic E-state index is 0.0112. The Morgan fingerprint density at radius 2 is 1.61 bits per heavy atom. The van der Waals surface area contributed by atoms with Gasteiger partial charge in [-0.05, 0) is 75.7 Å². The van der Waals surface area contributed by atoms with E-state index < -0.39 is 34.3 Å². The van der Waals surface area contributed by atoms with Gasteiger partial charge in [-0.3, -0.25) is 13.9 Å². The minimum atomic E-state index is -4.14. The summed E-state index contributed by atoms with van der Waals surface area (Å²) < 4.78 is 42.7. The fourth-order valence-electron chi connectivity index (χ4n) is 3.77. The zero-order chi connectivity index (χ0) is 28.0. The summed E-state index contributed by atoms with van der Waals surface area (Å²) in [5, 5.41) is 2.80. The van der Waals surface area contributed by atoms with Crippen LogP contribution in [-0.4, -0.2) is 43.8 Å². The minimum Gasteiger partial charge on any atom is -0.352 e. The summed E-state index contributed by atoms with van der Waals surface area (Å²) in [6.45, 7) is 6.48. The van der Waals surface area contributed by atoms with Crippen LogP contribution in [0.2, 0.25) is 0 Å². The van der Waals surface area contributed by atoms with Crippen LogP contribution in [0.1, 0.15) is 31.9 Å². The van der Waals surface area contributed by atoms with Crippen LogP contribution in [0.25, 0.3) is 0 Å². The normalized spacial score (nSPS) is 12.2. The summed E-state index contributed by atoms with van der Waals surface area (Å²) in [4.78, 5) is 28.0. The number of aryl methyl sites for hydroxylation is 1. The quantitative estimate of drug-likeness (QED) is 0.352. The molecule has 0 fully saturated rings. The highest BCUT2D eigenvalue weighted by Crippen LogP contribution is 2.27. The van der Waals surface area contributed by atoms with Gasteiger partial charge in [0.1, 0.15) is 18.4 Å². The Morgan fingerprint density at radius 1 is 0.974 bits per heavy atom. The van der Waals surface area contributed by atoms with Gasteiger partial charge in [0.25, 0.3) is 10.0 Å². The standard InChI is InChI=1S/C28H31BrFN3O4S/c1-19(2)31-28(35)21(4)32(17-22-10-12-24(30)13-11-22)27(34)18-33(25-7-5-6-23(29)16-25)38(36,37)26-14-8-20(3)9-15-26/h5-16,19,21H,17-18H2,1-4H3,(H,31,35)/t21-/m1/s1. The first-order valence-corrected chi connectivity index (χ1v) is 14.3. The summed E-state index contributed by atoms with van der Waals surface area (Å²) in [7, 11) is -4.14. The zero-order valence-corrected chi connectivity index (χ0v) is 24.1. The third-order valence-electron chi connectivity index (χ3n) is 5.85. The molecule has 38 heavy (non-hydrogen) atoms. The van der Waals surface area contributed by atoms with Crippen molar-refractivity contribution < 1.29 is 22.4 Å². The largest absolute Gasteiger partial charge is 0.352 e. The maximum Gasteiger partial charge on any atom is 0.264 e. The molecule has 0 aliphatic rings. The van der Waals surface area contributed by atoms with E-state index in [0.29, 0.717) is 10.0 Å². The smallest absolute Gasteiger partial charge is 0.264 e. The molecule has 0 saturated heterocycles. The van der Waals surface area contributed by atoms with E-state index in [1.165, 1.54) is 41.3 Å². The number of amides is 2. The number of carbonyl (C=O) groups excluding carboxylic acids is 2. The van der Waals surface area contributed by atoms with Crippen molar-refractivity contribution in [3.05, 3.63) is 94.2 Å². The molecule has 0 bridgehead atoms. The highest BCUT2D eigenvalue weighted by molar-refractivity contribution is 9.10. The van der Waals surface area contributed by atoms with Gasteiger partial charge in [-0.2, -0.15) is 0 Å². The number of anilines is 1. The summed E-state index contributed by atoms with van der Waals surface area (Å²) in [6.07, 6.45) is 0. The van der Waals surface area contributed by atoms with E-state index >= 15 is 0 Å². The Kier molecular flexibility index (Phi) is 9.67. The van der Waals surface area contributed by atoms with Crippen LogP contribution in [0.15, 0.2) is 82.2 Å². The molecule has 3 aromatic carbocycles. The first-order valence-electron chi connectivity index (χ1n) is 12.1. The van der Waals surface area contributed by atoms with Gasteiger partial charge in [0.15, 0.2) is 0 Å². The van der Waals surface area contributed by atoms with Crippen molar-refractivity contribution >= 4 is 43.5 Å². The lowest BCUT2D eigenvalue weighted by Gasteiger charge is -2.32. The molecule has 0 saturated carbocycles. The molecule has 1 N–H and O–H groups in total. The second-order valence-corrected chi connectivity index (χ2v) is 12.1. The number of hydrogen-bond donors (Lipinski definition) is 1. The fourth-order valence-corrected chi connectivity index (χ4v) is 5.56. The molecule has 1 atom stereocenters. The molecule has 2 amide bonds. The monoisotopic (exact) mass is 603 g/mol. The van der Waals surface area contributed by atoms with Gasteiger partial charge >= 0.3 is 0 Å². The Bertz CT molecular complexity index is 1380. The van der Waals surface area contributed by atoms with E-state index in [2.05, 4.69) is 21.2 Å². The second-order valence-electron chi connectivity index (χ2n) is 9.29. The van der Waals surface area contributed by atoms with Gasteiger partial charge < -0.3 is 10.2 Å². The Labute approximate surface area is 231 Å². The molecule has 7 nitrogen and oxygen atoms in total. The van der Waals surface area contributed by atoms with Crippen LogP contribution in [0.3, 0.4) is 0 Å². The molecular formula is C28H31BrFN3O4S. The van der Waals surface area contributed by atoms with Crippen molar-refractivity contribution in [3.8, 4) is 0 Å². The average molecular weight is 605 g/mol. The van der Waals surface area contributed by atoms with E-state index in [1.807, 2.05) is 6.92 Å². The van der Waals surface area contributed by atoms with Gasteiger partial charge in [0.2, 0.25) is 11.8 Å². The molecule has 0 aromatic heterocycles. The molecule has 0 aliphatic carbocycles. The number of halogens is 2. The van der Waals surface area contributed by atoms with Gasteiger partial charge in [-0.15, -0.1) is 0 Å². The van der Waals surface area contributed by atoms with Crippen LogP contribution >= 0.6 is 15.9 Å². The first kappa shape index (κ1) is 29.3. The molecule has 0 heterocycles. The Morgan fingerprint density at radius 3 is 2.18 bits per heavy atom. The lowest BCUT2D eigenvalue weighted by molar-refractivity contribution is -0.139. The Hall–Kier alpha value is -3.24. The molecule has 0 aliphatic heterocycles. The molecule has 3 rings (SSSR count). The number of sulfonamides is 1. The zero-order valence-electron chi connectivity index (χ0n) is 21.7. The topological polar surface area (TPSA) is 86.8 Å². The Balaban J connectivity index is 2.03. The lowest BCUT2D eigenvalue weighted by Crippen LogP contribution is -2.52. The molecule has 0 radical (unpaired) electrons. The van der Waals surface area contributed by atoms with E-state index in [4.69, 9.17) is 0 Å². The van der Waals surface area contributed by atoms with Gasteiger partial charge in [-0.25, -0.2) is 12.8 Å². The van der Waals surface area contributed by atoms with Gasteiger partial charge in [0, 0.05) is 17.1 Å². The van der Waals surface area contributed by atoms with Crippen molar-refractivity contribution in [1.29, 1.82) is 0 Å². The SMILES string of the molecule is Cc1ccc(S(=O)(=O)N(CC(=O)N(Cc2ccc(F)cc2)[C@H](C)C(=O)NC(C)C)c2cccc(Br)c2)cc1. The number of nitrogens with zero attached hydrogens (tertiary/aromatic N) is 2. The number of rotatable bonds is 10. The van der Waals surface area contributed by atoms with Crippen molar-refractivity contribution in [1.82, 2.24) is 10.2 Å². The third kappa shape index (κ3) is 7.41. The number of benzene rings is 3. The van der Waals surface area contributed by atoms with Crippen molar-refractivity contribution in [2.75, 3.05) is 10.8 Å². The van der Waals surface area contributed by atoms with Crippen molar-refractivity contribution in [2.24, 2.45) is 0 Å². The number of hydrogen-bond acceptors (Lipinski definition) is 4. The van der Waals surface area contributed by atoms with E-state index in [9.17, 15) is 22.4 Å². The maximum absolute atomic E-state index is 13.8. The second kappa shape index (κ2) is 12.5. The summed E-state index contributed by atoms with van der Waals surface area (Å²) in [5.74, 6) is -1.40.